The molecule has 2 rings (SSSR count). The Bertz CT molecular complexity index is 460. The number of phenolic OH excluding ortho intramolecular Hbond substituents is 1. The Hall–Kier alpha value is -2.03. The Labute approximate surface area is 81.2 Å². The first-order chi connectivity index (χ1) is 6.83. The molecule has 3 nitrogen and oxygen atoms in total. The van der Waals surface area contributed by atoms with E-state index in [1.807, 2.05) is 6.07 Å². The monoisotopic (exact) mass is 187 g/mol. The molecular formula is C11H9NO2. The van der Waals surface area contributed by atoms with Crippen molar-refractivity contribution in [2.45, 2.75) is 0 Å². The van der Waals surface area contributed by atoms with E-state index in [1.54, 1.807) is 41.1 Å². The van der Waals surface area contributed by atoms with Crippen LogP contribution in [0.5, 0.6) is 5.75 Å². The topological polar surface area (TPSA) is 42.2 Å². The van der Waals surface area contributed by atoms with Gasteiger partial charge in [0.2, 0.25) is 0 Å². The summed E-state index contributed by atoms with van der Waals surface area (Å²) >= 11 is 0. The van der Waals surface area contributed by atoms with E-state index in [1.165, 1.54) is 0 Å². The Balaban J connectivity index is 2.60. The smallest absolute Gasteiger partial charge is 0.166 e. The second kappa shape index (κ2) is 3.38. The standard InChI is InChI=1S/C11H9NO2/c13-8-9-4-3-7-12(9)10-5-1-2-6-11(10)14/h1-8,14H. The quantitative estimate of drug-likeness (QED) is 0.730. The molecule has 1 aromatic carbocycles. The van der Waals surface area contributed by atoms with Crippen molar-refractivity contribution in [2.75, 3.05) is 0 Å². The molecule has 0 fully saturated rings. The Morgan fingerprint density at radius 1 is 1.14 bits per heavy atom. The molecule has 70 valence electrons. The van der Waals surface area contributed by atoms with Gasteiger partial charge in [-0.3, -0.25) is 4.79 Å². The maximum absolute atomic E-state index is 10.7. The first kappa shape index (κ1) is 8.56. The molecule has 0 aliphatic carbocycles. The highest BCUT2D eigenvalue weighted by atomic mass is 16.3. The van der Waals surface area contributed by atoms with Crippen molar-refractivity contribution >= 4 is 6.29 Å². The Morgan fingerprint density at radius 2 is 1.93 bits per heavy atom. The Morgan fingerprint density at radius 3 is 2.64 bits per heavy atom. The lowest BCUT2D eigenvalue weighted by atomic mass is 10.3. The predicted octanol–water partition coefficient (Wildman–Crippen LogP) is 2.00. The van der Waals surface area contributed by atoms with Gasteiger partial charge < -0.3 is 9.67 Å². The van der Waals surface area contributed by atoms with Gasteiger partial charge in [-0.05, 0) is 24.3 Å². The average Bonchev–Trinajstić information content (AvgIpc) is 2.66. The van der Waals surface area contributed by atoms with Crippen molar-refractivity contribution in [2.24, 2.45) is 0 Å². The van der Waals surface area contributed by atoms with Crippen LogP contribution in [-0.4, -0.2) is 16.0 Å². The summed E-state index contributed by atoms with van der Waals surface area (Å²) in [4.78, 5) is 10.7. The van der Waals surface area contributed by atoms with E-state index < -0.39 is 0 Å². The molecule has 0 saturated carbocycles. The fourth-order valence-electron chi connectivity index (χ4n) is 1.38. The van der Waals surface area contributed by atoms with Gasteiger partial charge in [-0.1, -0.05) is 12.1 Å². The number of aromatic nitrogens is 1. The molecule has 1 heterocycles. The Kier molecular flexibility index (Phi) is 2.07. The van der Waals surface area contributed by atoms with Gasteiger partial charge in [0.15, 0.2) is 6.29 Å². The number of benzene rings is 1. The summed E-state index contributed by atoms with van der Waals surface area (Å²) in [5.41, 5.74) is 1.13. The van der Waals surface area contributed by atoms with Gasteiger partial charge in [0.1, 0.15) is 5.75 Å². The van der Waals surface area contributed by atoms with Crippen LogP contribution < -0.4 is 0 Å². The normalized spacial score (nSPS) is 10.0. The molecular weight excluding hydrogens is 178 g/mol. The number of hydrogen-bond acceptors (Lipinski definition) is 2. The van der Waals surface area contributed by atoms with Gasteiger partial charge in [-0.25, -0.2) is 0 Å². The molecule has 1 N–H and O–H groups in total. The second-order valence-corrected chi connectivity index (χ2v) is 2.91. The zero-order chi connectivity index (χ0) is 9.97. The number of aromatic hydroxyl groups is 1. The molecule has 2 aromatic rings. The summed E-state index contributed by atoms with van der Waals surface area (Å²) in [5.74, 6) is 0.159. The summed E-state index contributed by atoms with van der Waals surface area (Å²) in [6, 6.07) is 10.3. The molecule has 1 aromatic heterocycles. The first-order valence-corrected chi connectivity index (χ1v) is 4.24. The minimum Gasteiger partial charge on any atom is -0.506 e. The van der Waals surface area contributed by atoms with Crippen LogP contribution in [0.15, 0.2) is 42.6 Å². The maximum atomic E-state index is 10.7. The van der Waals surface area contributed by atoms with Crippen LogP contribution >= 0.6 is 0 Å². The highest BCUT2D eigenvalue weighted by Gasteiger charge is 2.05. The number of carbonyl (C=O) groups is 1. The van der Waals surface area contributed by atoms with Crippen molar-refractivity contribution < 1.29 is 9.90 Å². The molecule has 0 saturated heterocycles. The van der Waals surface area contributed by atoms with Crippen LogP contribution in [0.2, 0.25) is 0 Å². The summed E-state index contributed by atoms with van der Waals surface area (Å²) in [5, 5.41) is 9.57. The van der Waals surface area contributed by atoms with Gasteiger partial charge in [0, 0.05) is 6.20 Å². The van der Waals surface area contributed by atoms with Crippen molar-refractivity contribution in [1.82, 2.24) is 4.57 Å². The van der Waals surface area contributed by atoms with Crippen LogP contribution in [0.1, 0.15) is 10.5 Å². The zero-order valence-electron chi connectivity index (χ0n) is 7.42. The highest BCUT2D eigenvalue weighted by molar-refractivity contribution is 5.74. The van der Waals surface area contributed by atoms with E-state index in [4.69, 9.17) is 0 Å². The summed E-state index contributed by atoms with van der Waals surface area (Å²) in [6.07, 6.45) is 2.49. The lowest BCUT2D eigenvalue weighted by molar-refractivity contribution is 0.111. The first-order valence-electron chi connectivity index (χ1n) is 4.24. The molecule has 0 spiro atoms. The van der Waals surface area contributed by atoms with Crippen LogP contribution in [0.3, 0.4) is 0 Å². The molecule has 0 aliphatic rings. The molecule has 0 aliphatic heterocycles. The molecule has 0 atom stereocenters. The van der Waals surface area contributed by atoms with Crippen molar-refractivity contribution in [3.63, 3.8) is 0 Å². The van der Waals surface area contributed by atoms with Crippen LogP contribution in [0, 0.1) is 0 Å². The largest absolute Gasteiger partial charge is 0.506 e. The summed E-state index contributed by atoms with van der Waals surface area (Å²) in [6.45, 7) is 0. The summed E-state index contributed by atoms with van der Waals surface area (Å²) in [7, 11) is 0. The molecule has 14 heavy (non-hydrogen) atoms. The van der Waals surface area contributed by atoms with E-state index in [2.05, 4.69) is 0 Å². The number of hydrogen-bond donors (Lipinski definition) is 1. The van der Waals surface area contributed by atoms with Gasteiger partial charge >= 0.3 is 0 Å². The third-order valence-electron chi connectivity index (χ3n) is 2.04. The third-order valence-corrected chi connectivity index (χ3v) is 2.04. The fraction of sp³-hybridized carbons (Fsp3) is 0. The molecule has 0 bridgehead atoms. The van der Waals surface area contributed by atoms with E-state index in [0.717, 1.165) is 6.29 Å². The van der Waals surface area contributed by atoms with Gasteiger partial charge in [0.05, 0.1) is 11.4 Å². The number of aldehydes is 1. The predicted molar refractivity (Wildman–Crippen MR) is 52.8 cm³/mol. The highest BCUT2D eigenvalue weighted by Crippen LogP contribution is 2.21. The number of phenols is 1. The van der Waals surface area contributed by atoms with E-state index in [9.17, 15) is 9.90 Å². The van der Waals surface area contributed by atoms with Gasteiger partial charge in [-0.2, -0.15) is 0 Å². The third kappa shape index (κ3) is 1.29. The lowest BCUT2D eigenvalue weighted by Crippen LogP contribution is -1.97. The van der Waals surface area contributed by atoms with Crippen LogP contribution in [0.25, 0.3) is 5.69 Å². The maximum Gasteiger partial charge on any atom is 0.166 e. The lowest BCUT2D eigenvalue weighted by Gasteiger charge is -2.06. The van der Waals surface area contributed by atoms with Crippen LogP contribution in [-0.2, 0) is 0 Å². The molecule has 3 heteroatoms. The summed E-state index contributed by atoms with van der Waals surface area (Å²) < 4.78 is 1.64. The number of rotatable bonds is 2. The van der Waals surface area contributed by atoms with Gasteiger partial charge in [-0.15, -0.1) is 0 Å². The van der Waals surface area contributed by atoms with Crippen molar-refractivity contribution in [1.29, 1.82) is 0 Å². The number of para-hydroxylation sites is 2. The van der Waals surface area contributed by atoms with Gasteiger partial charge in [0.25, 0.3) is 0 Å². The van der Waals surface area contributed by atoms with Crippen molar-refractivity contribution in [3.05, 3.63) is 48.3 Å². The van der Waals surface area contributed by atoms with Crippen LogP contribution in [0.4, 0.5) is 0 Å². The zero-order valence-corrected chi connectivity index (χ0v) is 7.42. The van der Waals surface area contributed by atoms with E-state index in [-0.39, 0.29) is 5.75 Å². The molecule has 0 unspecified atom stereocenters. The number of nitrogens with zero attached hydrogens (tertiary/aromatic N) is 1. The average molecular weight is 187 g/mol. The molecule has 0 radical (unpaired) electrons. The minimum absolute atomic E-state index is 0.159. The van der Waals surface area contributed by atoms with E-state index >= 15 is 0 Å². The fourth-order valence-corrected chi connectivity index (χ4v) is 1.38. The molecule has 0 amide bonds. The number of carbonyl (C=O) groups excluding carboxylic acids is 1. The minimum atomic E-state index is 0.159. The van der Waals surface area contributed by atoms with E-state index in [0.29, 0.717) is 11.4 Å². The SMILES string of the molecule is O=Cc1cccn1-c1ccccc1O. The van der Waals surface area contributed by atoms with Crippen molar-refractivity contribution in [3.8, 4) is 11.4 Å². The second-order valence-electron chi connectivity index (χ2n) is 2.91.